The third-order valence-corrected chi connectivity index (χ3v) is 18.1. The van der Waals surface area contributed by atoms with Crippen molar-refractivity contribution in [3.8, 4) is 23.0 Å². The summed E-state index contributed by atoms with van der Waals surface area (Å²) in [6, 6.07) is 29.7. The Hall–Kier alpha value is -7.32. The maximum atomic E-state index is 15.3. The molecule has 6 aromatic rings. The Morgan fingerprint density at radius 2 is 1.41 bits per heavy atom. The van der Waals surface area contributed by atoms with Crippen LogP contribution in [-0.4, -0.2) is 144 Å². The molecule has 0 radical (unpaired) electrons. The van der Waals surface area contributed by atoms with Crippen LogP contribution in [0.2, 0.25) is 10.0 Å². The molecule has 10 rings (SSSR count). The first-order valence-electron chi connectivity index (χ1n) is 27.8. The van der Waals surface area contributed by atoms with Gasteiger partial charge in [0.2, 0.25) is 11.8 Å². The molecule has 1 N–H and O–H groups in total. The maximum absolute atomic E-state index is 15.3. The highest BCUT2D eigenvalue weighted by atomic mass is 35.5. The monoisotopic (exact) mass is 1200 g/mol. The summed E-state index contributed by atoms with van der Waals surface area (Å²) < 4.78 is 24.8. The molecule has 3 fully saturated rings. The summed E-state index contributed by atoms with van der Waals surface area (Å²) in [5.74, 6) is 2.35. The van der Waals surface area contributed by atoms with Gasteiger partial charge in [-0.3, -0.25) is 34.4 Å². The number of amides is 6. The molecule has 0 spiro atoms. The fourth-order valence-corrected chi connectivity index (χ4v) is 13.2. The summed E-state index contributed by atoms with van der Waals surface area (Å²) in [4.78, 5) is 87.6. The van der Waals surface area contributed by atoms with Gasteiger partial charge >= 0.3 is 6.03 Å². The number of hydrogen-bond donors (Lipinski definition) is 1. The molecule has 4 aliphatic rings. The predicted molar refractivity (Wildman–Crippen MR) is 322 cm³/mol. The summed E-state index contributed by atoms with van der Waals surface area (Å²) >= 11 is 15.6. The summed E-state index contributed by atoms with van der Waals surface area (Å²) in [7, 11) is 3.14. The highest BCUT2D eigenvalue weighted by molar-refractivity contribution is 8.01. The van der Waals surface area contributed by atoms with Crippen molar-refractivity contribution in [1.82, 2.24) is 29.5 Å². The van der Waals surface area contributed by atoms with Crippen LogP contribution < -0.4 is 24.3 Å². The number of rotatable bonds is 16. The van der Waals surface area contributed by atoms with Gasteiger partial charge in [-0.05, 0) is 142 Å². The van der Waals surface area contributed by atoms with E-state index >= 15 is 4.79 Å². The zero-order chi connectivity index (χ0) is 58.5. The number of aryl methyl sites for hydroxylation is 1. The molecular weight excluding hydrogens is 1140 g/mol. The molecule has 17 nitrogen and oxygen atoms in total. The summed E-state index contributed by atoms with van der Waals surface area (Å²) in [5, 5.41) is 4.49. The number of carbonyl (C=O) groups excluding carboxylic acids is 5. The van der Waals surface area contributed by atoms with E-state index in [1.807, 2.05) is 86.3 Å². The number of halogens is 2. The van der Waals surface area contributed by atoms with Crippen molar-refractivity contribution in [3.63, 3.8) is 0 Å². The normalized spacial score (nSPS) is 19.2. The number of nitrogens with zero attached hydrogens (tertiary/aromatic N) is 7. The molecule has 4 heterocycles. The van der Waals surface area contributed by atoms with Crippen LogP contribution >= 0.6 is 46.3 Å². The smallest absolute Gasteiger partial charge is 0.326 e. The van der Waals surface area contributed by atoms with E-state index in [9.17, 15) is 19.2 Å². The number of carbonyl (C=O) groups is 5. The number of anilines is 1. The molecule has 1 saturated carbocycles. The van der Waals surface area contributed by atoms with E-state index in [0.29, 0.717) is 107 Å². The minimum absolute atomic E-state index is 0.00314. The molecule has 2 saturated heterocycles. The first kappa shape index (κ1) is 58.9. The van der Waals surface area contributed by atoms with Gasteiger partial charge in [0.05, 0.1) is 54.0 Å². The molecule has 5 aromatic carbocycles. The van der Waals surface area contributed by atoms with Crippen molar-refractivity contribution in [1.29, 1.82) is 0 Å². The molecule has 83 heavy (non-hydrogen) atoms. The SMILES string of the molecule is COc1ccc(C2=N[C@@H](c3ccc(Cl)cc3)[C@@H](c3ccc(Cl)cc3)N2C(=O)N2CCN(CC3CCC(Oc4ccc(C(=O)Nc5ncc(Sc6cc(C(=O)N7CCN(C(C)=O)CC7)c(OC)cc6C)s5)cc4)CC3)C(=O)C2)c(OC(C)C)c1. The number of thiazole rings is 1. The van der Waals surface area contributed by atoms with Crippen LogP contribution in [0.4, 0.5) is 9.93 Å². The second-order valence-corrected chi connectivity index (χ2v) is 24.6. The van der Waals surface area contributed by atoms with Crippen LogP contribution in [0.15, 0.2) is 123 Å². The topological polar surface area (TPSA) is 176 Å². The van der Waals surface area contributed by atoms with E-state index in [-0.39, 0.29) is 54.3 Å². The second kappa shape index (κ2) is 26.1. The predicted octanol–water partition coefficient (Wildman–Crippen LogP) is 11.7. The highest BCUT2D eigenvalue weighted by Crippen LogP contribution is 2.46. The van der Waals surface area contributed by atoms with E-state index in [1.54, 1.807) is 82.5 Å². The van der Waals surface area contributed by atoms with Crippen LogP contribution in [0, 0.1) is 12.8 Å². The van der Waals surface area contributed by atoms with Crippen molar-refractivity contribution in [2.24, 2.45) is 10.9 Å². The van der Waals surface area contributed by atoms with E-state index < -0.39 is 12.1 Å². The van der Waals surface area contributed by atoms with Gasteiger partial charge in [-0.2, -0.15) is 0 Å². The number of aromatic nitrogens is 1. The number of urea groups is 1. The van der Waals surface area contributed by atoms with Crippen molar-refractivity contribution in [2.75, 3.05) is 71.9 Å². The Bertz CT molecular complexity index is 3380. The number of piperazine rings is 2. The van der Waals surface area contributed by atoms with E-state index in [2.05, 4.69) is 10.3 Å². The fraction of sp³-hybridized carbons (Fsp3) is 0.371. The molecule has 0 unspecified atom stereocenters. The molecule has 1 aromatic heterocycles. The van der Waals surface area contributed by atoms with Crippen LogP contribution in [-0.2, 0) is 9.59 Å². The van der Waals surface area contributed by atoms with Gasteiger partial charge in [0.15, 0.2) is 5.13 Å². The largest absolute Gasteiger partial charge is 0.497 e. The molecule has 434 valence electrons. The average molecular weight is 1200 g/mol. The van der Waals surface area contributed by atoms with Gasteiger partial charge in [-0.25, -0.2) is 9.78 Å². The number of methoxy groups -OCH3 is 2. The molecular formula is C62H66Cl2N8O9S2. The van der Waals surface area contributed by atoms with E-state index in [4.69, 9.17) is 47.1 Å². The van der Waals surface area contributed by atoms with Crippen LogP contribution in [0.25, 0.3) is 0 Å². The highest BCUT2D eigenvalue weighted by Gasteiger charge is 2.46. The van der Waals surface area contributed by atoms with Crippen LogP contribution in [0.3, 0.4) is 0 Å². The second-order valence-electron chi connectivity index (χ2n) is 21.3. The maximum Gasteiger partial charge on any atom is 0.326 e. The Morgan fingerprint density at radius 1 is 0.759 bits per heavy atom. The third-order valence-electron chi connectivity index (χ3n) is 15.4. The van der Waals surface area contributed by atoms with Gasteiger partial charge in [-0.15, -0.1) is 0 Å². The van der Waals surface area contributed by atoms with Gasteiger partial charge < -0.3 is 38.5 Å². The standard InChI is InChI=1S/C62H66Cl2N8O9S2/c1-37(2)80-52-32-48(78-5)23-24-49(52)58-66-56(41-9-15-44(63)16-10-41)57(42-11-17-45(64)18-12-42)72(58)62(77)71-30-29-70(54(74)36-71)35-40-7-19-46(20-8-40)81-47-21-13-43(14-22-47)59(75)67-61-65-34-55(83-61)82-53-33-50(51(79-6)31-38(53)3)60(76)69-27-25-68(26-28-69)39(4)73/h9-18,21-24,31-34,37,40,46,56-57H,7-8,19-20,25-30,35-36H2,1-6H3,(H,65,67,75)/t40?,46?,56-,57+/m0/s1. The number of hydrogen-bond acceptors (Lipinski definition) is 13. The number of benzene rings is 5. The first-order valence-corrected chi connectivity index (χ1v) is 30.2. The molecule has 2 atom stereocenters. The average Bonchev–Trinajstić information content (AvgIpc) is 2.77. The van der Waals surface area contributed by atoms with Crippen molar-refractivity contribution in [3.05, 3.63) is 153 Å². The van der Waals surface area contributed by atoms with Crippen LogP contribution in [0.5, 0.6) is 23.0 Å². The van der Waals surface area contributed by atoms with Gasteiger partial charge in [0, 0.05) is 79.3 Å². The molecule has 21 heteroatoms. The number of amidine groups is 1. The Morgan fingerprint density at radius 3 is 2.05 bits per heavy atom. The number of nitrogens with one attached hydrogen (secondary N) is 1. The van der Waals surface area contributed by atoms with E-state index in [0.717, 1.165) is 51.5 Å². The quantitative estimate of drug-likeness (QED) is 0.0976. The fourth-order valence-electron chi connectivity index (χ4n) is 11.0. The first-order chi connectivity index (χ1) is 40.0. The van der Waals surface area contributed by atoms with Crippen molar-refractivity contribution >= 4 is 86.9 Å². The zero-order valence-corrected chi connectivity index (χ0v) is 50.3. The summed E-state index contributed by atoms with van der Waals surface area (Å²) in [5.41, 5.74) is 4.11. The third kappa shape index (κ3) is 13.7. The number of ether oxygens (including phenoxy) is 4. The van der Waals surface area contributed by atoms with Gasteiger partial charge in [0.25, 0.3) is 11.8 Å². The van der Waals surface area contributed by atoms with E-state index in [1.165, 1.54) is 30.0 Å². The minimum atomic E-state index is -0.607. The molecule has 6 amide bonds. The summed E-state index contributed by atoms with van der Waals surface area (Å²) in [6.07, 6.45) is 4.84. The molecule has 3 aliphatic heterocycles. The lowest BCUT2D eigenvalue weighted by Crippen LogP contribution is -2.57. The summed E-state index contributed by atoms with van der Waals surface area (Å²) in [6.45, 7) is 10.4. The van der Waals surface area contributed by atoms with Gasteiger partial charge in [0.1, 0.15) is 41.4 Å². The molecule has 1 aliphatic carbocycles. The van der Waals surface area contributed by atoms with Crippen molar-refractivity contribution < 1.29 is 42.9 Å². The lowest BCUT2D eigenvalue weighted by molar-refractivity contribution is -0.136. The minimum Gasteiger partial charge on any atom is -0.497 e. The number of aliphatic imine (C=N–C) groups is 1. The molecule has 0 bridgehead atoms. The Labute approximate surface area is 501 Å². The van der Waals surface area contributed by atoms with Crippen LogP contribution in [0.1, 0.15) is 102 Å². The Balaban J connectivity index is 0.730. The Kier molecular flexibility index (Phi) is 18.5. The van der Waals surface area contributed by atoms with Crippen molar-refractivity contribution in [2.45, 2.75) is 86.8 Å². The zero-order valence-electron chi connectivity index (χ0n) is 47.1. The lowest BCUT2D eigenvalue weighted by atomic mass is 9.87. The lowest BCUT2D eigenvalue weighted by Gasteiger charge is -2.40. The van der Waals surface area contributed by atoms with Gasteiger partial charge in [-0.1, -0.05) is 70.6 Å².